The number of hydrogen-bond acceptors (Lipinski definition) is 4. The summed E-state index contributed by atoms with van der Waals surface area (Å²) in [7, 11) is -4.00. The maximum absolute atomic E-state index is 12.5. The number of alkyl halides is 3. The molecule has 1 aliphatic rings. The smallest absolute Gasteiger partial charge is 0.254 e. The van der Waals surface area contributed by atoms with Crippen molar-refractivity contribution in [3.8, 4) is 6.07 Å². The SMILES string of the molecule is CC1=Nc2cc(C(F)(F)F)ccc2S(=O)(=O)C1C#N. The Bertz CT molecular complexity index is 714. The molecule has 1 atom stereocenters. The number of aliphatic imine (C=N–C) groups is 1. The lowest BCUT2D eigenvalue weighted by Crippen LogP contribution is -2.30. The van der Waals surface area contributed by atoms with Crippen molar-refractivity contribution in [3.63, 3.8) is 0 Å². The van der Waals surface area contributed by atoms with E-state index in [1.165, 1.54) is 6.92 Å². The van der Waals surface area contributed by atoms with Crippen LogP contribution in [0.3, 0.4) is 0 Å². The van der Waals surface area contributed by atoms with Crippen LogP contribution in [0.4, 0.5) is 18.9 Å². The van der Waals surface area contributed by atoms with E-state index >= 15 is 0 Å². The lowest BCUT2D eigenvalue weighted by molar-refractivity contribution is -0.137. The van der Waals surface area contributed by atoms with Gasteiger partial charge in [-0.25, -0.2) is 8.42 Å². The summed E-state index contributed by atoms with van der Waals surface area (Å²) in [6.07, 6.45) is -4.58. The van der Waals surface area contributed by atoms with Gasteiger partial charge in [0.25, 0.3) is 0 Å². The third-order valence-corrected chi connectivity index (χ3v) is 4.72. The van der Waals surface area contributed by atoms with Gasteiger partial charge in [0.1, 0.15) is 0 Å². The van der Waals surface area contributed by atoms with Crippen LogP contribution in [0.15, 0.2) is 28.1 Å². The zero-order valence-electron chi connectivity index (χ0n) is 9.56. The maximum atomic E-state index is 12.5. The molecule has 19 heavy (non-hydrogen) atoms. The van der Waals surface area contributed by atoms with E-state index in [2.05, 4.69) is 4.99 Å². The van der Waals surface area contributed by atoms with Crippen molar-refractivity contribution in [2.45, 2.75) is 23.2 Å². The highest BCUT2D eigenvalue weighted by Crippen LogP contribution is 2.38. The topological polar surface area (TPSA) is 70.3 Å². The summed E-state index contributed by atoms with van der Waals surface area (Å²) in [6.45, 7) is 1.30. The third kappa shape index (κ3) is 2.10. The highest BCUT2D eigenvalue weighted by atomic mass is 32.2. The van der Waals surface area contributed by atoms with Crippen LogP contribution in [0.1, 0.15) is 12.5 Å². The first-order valence-corrected chi connectivity index (χ1v) is 6.62. The van der Waals surface area contributed by atoms with Crippen molar-refractivity contribution in [2.24, 2.45) is 4.99 Å². The van der Waals surface area contributed by atoms with Crippen molar-refractivity contribution < 1.29 is 21.6 Å². The zero-order valence-corrected chi connectivity index (χ0v) is 10.4. The fraction of sp³-hybridized carbons (Fsp3) is 0.273. The van der Waals surface area contributed by atoms with Crippen LogP contribution >= 0.6 is 0 Å². The molecule has 0 saturated carbocycles. The van der Waals surface area contributed by atoms with E-state index in [4.69, 9.17) is 5.26 Å². The van der Waals surface area contributed by atoms with Crippen LogP contribution < -0.4 is 0 Å². The minimum Gasteiger partial charge on any atom is -0.254 e. The van der Waals surface area contributed by atoms with Crippen molar-refractivity contribution >= 4 is 21.2 Å². The van der Waals surface area contributed by atoms with Crippen LogP contribution in [0.25, 0.3) is 0 Å². The molecule has 0 radical (unpaired) electrons. The van der Waals surface area contributed by atoms with Gasteiger partial charge >= 0.3 is 6.18 Å². The highest BCUT2D eigenvalue weighted by molar-refractivity contribution is 7.93. The number of fused-ring (bicyclic) bond motifs is 1. The molecule has 1 unspecified atom stereocenters. The Morgan fingerprint density at radius 2 is 2.00 bits per heavy atom. The molecule has 0 bridgehead atoms. The monoisotopic (exact) mass is 288 g/mol. The summed E-state index contributed by atoms with van der Waals surface area (Å²) in [4.78, 5) is 3.43. The lowest BCUT2D eigenvalue weighted by atomic mass is 10.2. The van der Waals surface area contributed by atoms with Gasteiger partial charge in [0, 0.05) is 5.71 Å². The summed E-state index contributed by atoms with van der Waals surface area (Å²) in [6, 6.07) is 3.77. The average molecular weight is 288 g/mol. The summed E-state index contributed by atoms with van der Waals surface area (Å²) < 4.78 is 61.7. The van der Waals surface area contributed by atoms with Crippen LogP contribution in [-0.4, -0.2) is 19.4 Å². The van der Waals surface area contributed by atoms with E-state index in [-0.39, 0.29) is 16.3 Å². The molecular formula is C11H7F3N2O2S. The summed E-state index contributed by atoms with van der Waals surface area (Å²) in [5.41, 5.74) is -1.29. The molecule has 0 amide bonds. The molecule has 4 nitrogen and oxygen atoms in total. The van der Waals surface area contributed by atoms with Gasteiger partial charge in [0.15, 0.2) is 5.25 Å². The van der Waals surface area contributed by atoms with Crippen molar-refractivity contribution in [1.82, 2.24) is 0 Å². The summed E-state index contributed by atoms with van der Waals surface area (Å²) in [5.74, 6) is 0. The quantitative estimate of drug-likeness (QED) is 0.736. The number of halogens is 3. The Hall–Kier alpha value is -1.88. The van der Waals surface area contributed by atoms with Gasteiger partial charge in [0.2, 0.25) is 9.84 Å². The van der Waals surface area contributed by atoms with E-state index in [0.717, 1.165) is 6.07 Å². The van der Waals surface area contributed by atoms with Crippen molar-refractivity contribution in [3.05, 3.63) is 23.8 Å². The third-order valence-electron chi connectivity index (χ3n) is 2.70. The van der Waals surface area contributed by atoms with Crippen LogP contribution in [-0.2, 0) is 16.0 Å². The summed E-state index contributed by atoms with van der Waals surface area (Å²) in [5, 5.41) is 7.37. The van der Waals surface area contributed by atoms with Gasteiger partial charge in [-0.3, -0.25) is 4.99 Å². The first kappa shape index (κ1) is 13.5. The Balaban J connectivity index is 2.71. The van der Waals surface area contributed by atoms with E-state index in [9.17, 15) is 21.6 Å². The van der Waals surface area contributed by atoms with Crippen LogP contribution in [0, 0.1) is 11.3 Å². The minimum absolute atomic E-state index is 0.0330. The number of sulfone groups is 1. The van der Waals surface area contributed by atoms with Gasteiger partial charge in [-0.05, 0) is 25.1 Å². The second-order valence-corrected chi connectivity index (χ2v) is 5.99. The molecule has 0 N–H and O–H groups in total. The molecule has 0 fully saturated rings. The largest absolute Gasteiger partial charge is 0.416 e. The standard InChI is InChI=1S/C11H7F3N2O2S/c1-6-10(5-15)19(17,18)9-3-2-7(11(12,13)14)4-8(9)16-6/h2-4,10H,1H3. The molecule has 0 spiro atoms. The van der Waals surface area contributed by atoms with E-state index in [0.29, 0.717) is 12.1 Å². The molecule has 1 aliphatic heterocycles. The first-order chi connectivity index (χ1) is 8.67. The Labute approximate surface area is 107 Å². The zero-order chi connectivity index (χ0) is 14.4. The van der Waals surface area contributed by atoms with Crippen LogP contribution in [0.5, 0.6) is 0 Å². The number of nitrogens with zero attached hydrogens (tertiary/aromatic N) is 2. The fourth-order valence-corrected chi connectivity index (χ4v) is 3.33. The van der Waals surface area contributed by atoms with Gasteiger partial charge in [-0.1, -0.05) is 0 Å². The Morgan fingerprint density at radius 1 is 1.37 bits per heavy atom. The molecule has 0 saturated heterocycles. The van der Waals surface area contributed by atoms with Gasteiger partial charge in [-0.15, -0.1) is 0 Å². The van der Waals surface area contributed by atoms with E-state index in [1.54, 1.807) is 6.07 Å². The molecule has 1 heterocycles. The fourth-order valence-electron chi connectivity index (χ4n) is 1.78. The van der Waals surface area contributed by atoms with E-state index < -0.39 is 26.8 Å². The highest BCUT2D eigenvalue weighted by Gasteiger charge is 2.38. The molecular weight excluding hydrogens is 281 g/mol. The second kappa shape index (κ2) is 4.06. The molecule has 0 aromatic heterocycles. The maximum Gasteiger partial charge on any atom is 0.416 e. The predicted molar refractivity (Wildman–Crippen MR) is 60.8 cm³/mol. The van der Waals surface area contributed by atoms with Gasteiger partial charge in [-0.2, -0.15) is 18.4 Å². The average Bonchev–Trinajstić information content (AvgIpc) is 2.26. The Kier molecular flexibility index (Phi) is 2.90. The molecule has 8 heteroatoms. The van der Waals surface area contributed by atoms with E-state index in [1.807, 2.05) is 0 Å². The Morgan fingerprint density at radius 3 is 2.53 bits per heavy atom. The van der Waals surface area contributed by atoms with Gasteiger partial charge in [0.05, 0.1) is 22.2 Å². The normalized spacial score (nSPS) is 21.2. The lowest BCUT2D eigenvalue weighted by Gasteiger charge is -2.19. The number of rotatable bonds is 0. The number of nitriles is 1. The molecule has 100 valence electrons. The number of benzene rings is 1. The van der Waals surface area contributed by atoms with Crippen LogP contribution in [0.2, 0.25) is 0 Å². The van der Waals surface area contributed by atoms with Crippen molar-refractivity contribution in [2.75, 3.05) is 0 Å². The van der Waals surface area contributed by atoms with Gasteiger partial charge < -0.3 is 0 Å². The summed E-state index contributed by atoms with van der Waals surface area (Å²) >= 11 is 0. The minimum atomic E-state index is -4.58. The molecule has 1 aromatic rings. The molecule has 1 aromatic carbocycles. The second-order valence-electron chi connectivity index (χ2n) is 3.99. The predicted octanol–water partition coefficient (Wildman–Crippen LogP) is 2.48. The molecule has 2 rings (SSSR count). The number of hydrogen-bond donors (Lipinski definition) is 0. The van der Waals surface area contributed by atoms with Crippen molar-refractivity contribution in [1.29, 1.82) is 5.26 Å². The first-order valence-electron chi connectivity index (χ1n) is 5.08. The molecule has 0 aliphatic carbocycles.